The number of carboxylic acid groups (broad SMARTS) is 1. The summed E-state index contributed by atoms with van der Waals surface area (Å²) in [6.45, 7) is -3.05. The predicted octanol–water partition coefficient (Wildman–Crippen LogP) is -5.54. The molecule has 0 aromatic heterocycles. The topological polar surface area (TPSA) is 211 Å². The Morgan fingerprint density at radius 3 is 1.74 bits per heavy atom. The summed E-state index contributed by atoms with van der Waals surface area (Å²) in [4.78, 5) is 45.1. The van der Waals surface area contributed by atoms with Crippen LogP contribution < -0.4 is 21.7 Å². The smallest absolute Gasteiger partial charge is 0.322 e. The highest BCUT2D eigenvalue weighted by Gasteiger charge is 2.27. The van der Waals surface area contributed by atoms with Gasteiger partial charge in [0, 0.05) is 0 Å². The van der Waals surface area contributed by atoms with E-state index in [1.165, 1.54) is 0 Å². The molecule has 3 unspecified atom stereocenters. The van der Waals surface area contributed by atoms with E-state index < -0.39 is 68.2 Å². The fourth-order valence-electron chi connectivity index (χ4n) is 1.31. The molecular formula is C11H20N4O8. The molecule has 132 valence electrons. The molecule has 0 bridgehead atoms. The van der Waals surface area contributed by atoms with Gasteiger partial charge in [-0.3, -0.25) is 19.2 Å². The highest BCUT2D eigenvalue weighted by Crippen LogP contribution is 1.90. The summed E-state index contributed by atoms with van der Waals surface area (Å²) in [6.07, 6.45) is 0. The van der Waals surface area contributed by atoms with Crippen molar-refractivity contribution >= 4 is 23.7 Å². The first-order valence-corrected chi connectivity index (χ1v) is 6.45. The van der Waals surface area contributed by atoms with Crippen LogP contribution >= 0.6 is 0 Å². The van der Waals surface area contributed by atoms with Crippen LogP contribution in [-0.2, 0) is 19.2 Å². The van der Waals surface area contributed by atoms with E-state index in [1.54, 1.807) is 0 Å². The van der Waals surface area contributed by atoms with Crippen LogP contribution in [-0.4, -0.2) is 88.6 Å². The number of carbonyl (C=O) groups is 4. The van der Waals surface area contributed by atoms with Crippen molar-refractivity contribution in [2.45, 2.75) is 18.1 Å². The summed E-state index contributed by atoms with van der Waals surface area (Å²) >= 11 is 0. The number of hydrogen-bond donors (Lipinski definition) is 8. The maximum absolute atomic E-state index is 11.8. The summed E-state index contributed by atoms with van der Waals surface area (Å²) in [6, 6.07) is -4.25. The third kappa shape index (κ3) is 7.51. The number of aliphatic carboxylic acids is 1. The monoisotopic (exact) mass is 336 g/mol. The van der Waals surface area contributed by atoms with Gasteiger partial charge in [0.25, 0.3) is 0 Å². The summed E-state index contributed by atoms with van der Waals surface area (Å²) in [5.41, 5.74) is 5.23. The average molecular weight is 336 g/mol. The second-order valence-corrected chi connectivity index (χ2v) is 4.39. The van der Waals surface area contributed by atoms with Gasteiger partial charge < -0.3 is 42.1 Å². The SMILES string of the molecule is NC(CO)C(=O)NC(CO)C(=O)NC(CO)C(=O)NCC(=O)O. The lowest BCUT2D eigenvalue weighted by Gasteiger charge is -2.21. The highest BCUT2D eigenvalue weighted by atomic mass is 16.4. The van der Waals surface area contributed by atoms with Gasteiger partial charge in [-0.05, 0) is 0 Å². The van der Waals surface area contributed by atoms with E-state index >= 15 is 0 Å². The summed E-state index contributed by atoms with van der Waals surface area (Å²) in [7, 11) is 0. The molecule has 3 amide bonds. The second kappa shape index (κ2) is 10.4. The number of carbonyl (C=O) groups excluding carboxylic acids is 3. The van der Waals surface area contributed by atoms with Crippen molar-refractivity contribution in [1.29, 1.82) is 0 Å². The van der Waals surface area contributed by atoms with Gasteiger partial charge in [0.15, 0.2) is 0 Å². The molecular weight excluding hydrogens is 316 g/mol. The molecule has 0 aliphatic heterocycles. The largest absolute Gasteiger partial charge is 0.480 e. The quantitative estimate of drug-likeness (QED) is 0.191. The number of rotatable bonds is 10. The summed E-state index contributed by atoms with van der Waals surface area (Å²) in [5, 5.41) is 41.3. The van der Waals surface area contributed by atoms with Gasteiger partial charge in [0.1, 0.15) is 24.7 Å². The fourth-order valence-corrected chi connectivity index (χ4v) is 1.31. The molecule has 0 aliphatic rings. The zero-order chi connectivity index (χ0) is 18.0. The zero-order valence-electron chi connectivity index (χ0n) is 12.1. The molecule has 0 aliphatic carbocycles. The number of aliphatic hydroxyl groups excluding tert-OH is 3. The van der Waals surface area contributed by atoms with E-state index in [0.717, 1.165) is 0 Å². The molecule has 0 rings (SSSR count). The van der Waals surface area contributed by atoms with E-state index in [1.807, 2.05) is 16.0 Å². The van der Waals surface area contributed by atoms with E-state index in [9.17, 15) is 19.2 Å². The predicted molar refractivity (Wildman–Crippen MR) is 73.7 cm³/mol. The Balaban J connectivity index is 4.67. The van der Waals surface area contributed by atoms with Crippen LogP contribution in [0.5, 0.6) is 0 Å². The molecule has 12 heteroatoms. The van der Waals surface area contributed by atoms with Crippen molar-refractivity contribution in [3.63, 3.8) is 0 Å². The molecule has 0 radical (unpaired) electrons. The number of carboxylic acids is 1. The van der Waals surface area contributed by atoms with Gasteiger partial charge in [0.2, 0.25) is 17.7 Å². The molecule has 0 spiro atoms. The first-order chi connectivity index (χ1) is 10.8. The van der Waals surface area contributed by atoms with Crippen molar-refractivity contribution in [2.24, 2.45) is 5.73 Å². The maximum Gasteiger partial charge on any atom is 0.322 e. The highest BCUT2D eigenvalue weighted by molar-refractivity contribution is 5.93. The van der Waals surface area contributed by atoms with Crippen LogP contribution in [0.3, 0.4) is 0 Å². The Morgan fingerprint density at radius 2 is 1.30 bits per heavy atom. The van der Waals surface area contributed by atoms with Gasteiger partial charge in [0.05, 0.1) is 19.8 Å². The van der Waals surface area contributed by atoms with Crippen molar-refractivity contribution in [1.82, 2.24) is 16.0 Å². The molecule has 23 heavy (non-hydrogen) atoms. The lowest BCUT2D eigenvalue weighted by atomic mass is 10.2. The zero-order valence-corrected chi connectivity index (χ0v) is 12.1. The van der Waals surface area contributed by atoms with E-state index in [4.69, 9.17) is 26.2 Å². The van der Waals surface area contributed by atoms with E-state index in [2.05, 4.69) is 0 Å². The van der Waals surface area contributed by atoms with E-state index in [-0.39, 0.29) is 0 Å². The third-order valence-electron chi connectivity index (χ3n) is 2.58. The molecule has 0 aromatic rings. The Kier molecular flexibility index (Phi) is 9.41. The van der Waals surface area contributed by atoms with Crippen LogP contribution in [0.25, 0.3) is 0 Å². The molecule has 0 saturated carbocycles. The van der Waals surface area contributed by atoms with Crippen molar-refractivity contribution < 1.29 is 39.6 Å². The van der Waals surface area contributed by atoms with Crippen molar-refractivity contribution in [3.05, 3.63) is 0 Å². The maximum atomic E-state index is 11.8. The molecule has 12 nitrogen and oxygen atoms in total. The molecule has 0 heterocycles. The Morgan fingerprint density at radius 1 is 0.826 bits per heavy atom. The van der Waals surface area contributed by atoms with E-state index in [0.29, 0.717) is 0 Å². The number of amides is 3. The van der Waals surface area contributed by atoms with Gasteiger partial charge in [-0.2, -0.15) is 0 Å². The molecule has 0 fully saturated rings. The molecule has 0 aromatic carbocycles. The first kappa shape index (κ1) is 20.7. The van der Waals surface area contributed by atoms with Crippen LogP contribution in [0.4, 0.5) is 0 Å². The standard InChI is InChI=1S/C11H20N4O8/c12-5(2-16)9(21)14-7(4-18)11(23)15-6(3-17)10(22)13-1-8(19)20/h5-7,16-18H,1-4,12H2,(H,13,22)(H,14,21)(H,15,23)(H,19,20). The third-order valence-corrected chi connectivity index (χ3v) is 2.58. The number of aliphatic hydroxyl groups is 3. The lowest BCUT2D eigenvalue weighted by Crippen LogP contribution is -2.58. The minimum Gasteiger partial charge on any atom is -0.480 e. The van der Waals surface area contributed by atoms with Crippen molar-refractivity contribution in [3.8, 4) is 0 Å². The summed E-state index contributed by atoms with van der Waals surface area (Å²) < 4.78 is 0. The minimum absolute atomic E-state index is 0.678. The Labute approximate surface area is 130 Å². The van der Waals surface area contributed by atoms with Crippen LogP contribution in [0.2, 0.25) is 0 Å². The Bertz CT molecular complexity index is 444. The first-order valence-electron chi connectivity index (χ1n) is 6.45. The van der Waals surface area contributed by atoms with Crippen LogP contribution in [0, 0.1) is 0 Å². The Hall–Kier alpha value is -2.28. The lowest BCUT2D eigenvalue weighted by molar-refractivity contribution is -0.139. The molecule has 3 atom stereocenters. The van der Waals surface area contributed by atoms with Gasteiger partial charge in [-0.15, -0.1) is 0 Å². The normalized spacial score (nSPS) is 14.3. The minimum atomic E-state index is -1.47. The fraction of sp³-hybridized carbons (Fsp3) is 0.636. The molecule has 0 saturated heterocycles. The summed E-state index contributed by atoms with van der Waals surface area (Å²) in [5.74, 6) is -4.19. The second-order valence-electron chi connectivity index (χ2n) is 4.39. The molecule has 9 N–H and O–H groups in total. The van der Waals surface area contributed by atoms with Crippen LogP contribution in [0.1, 0.15) is 0 Å². The van der Waals surface area contributed by atoms with Gasteiger partial charge in [-0.1, -0.05) is 0 Å². The average Bonchev–Trinajstić information content (AvgIpc) is 2.53. The number of nitrogens with two attached hydrogens (primary N) is 1. The van der Waals surface area contributed by atoms with Gasteiger partial charge in [-0.25, -0.2) is 0 Å². The van der Waals surface area contributed by atoms with Gasteiger partial charge >= 0.3 is 5.97 Å². The number of nitrogens with one attached hydrogen (secondary N) is 3. The number of hydrogen-bond acceptors (Lipinski definition) is 8. The van der Waals surface area contributed by atoms with Crippen LogP contribution in [0.15, 0.2) is 0 Å². The van der Waals surface area contributed by atoms with Crippen molar-refractivity contribution in [2.75, 3.05) is 26.4 Å².